The van der Waals surface area contributed by atoms with Crippen LogP contribution in [0.4, 0.5) is 5.69 Å². The maximum absolute atomic E-state index is 12.7. The molecule has 3 rings (SSSR count). The van der Waals surface area contributed by atoms with Gasteiger partial charge in [0, 0.05) is 25.7 Å². The topological polar surface area (TPSA) is 59.5 Å². The number of benzene rings is 1. The van der Waals surface area contributed by atoms with Gasteiger partial charge in [-0.15, -0.1) is 0 Å². The first kappa shape index (κ1) is 15.2. The first-order valence-electron chi connectivity index (χ1n) is 7.36. The molecule has 1 fully saturated rings. The normalized spacial score (nSPS) is 16.6. The van der Waals surface area contributed by atoms with Crippen molar-refractivity contribution >= 4 is 26.6 Å². The lowest BCUT2D eigenvalue weighted by Crippen LogP contribution is -2.35. The minimum Gasteiger partial charge on any atom is -0.380 e. The van der Waals surface area contributed by atoms with Gasteiger partial charge in [-0.25, -0.2) is 8.42 Å². The molecule has 0 N–H and O–H groups in total. The molecule has 1 atom stereocenters. The Labute approximate surface area is 131 Å². The van der Waals surface area contributed by atoms with Crippen LogP contribution in [0, 0.1) is 5.92 Å². The number of rotatable bonds is 6. The van der Waals surface area contributed by atoms with Crippen LogP contribution < -0.4 is 4.31 Å². The molecule has 1 saturated carbocycles. The molecular formula is C16H20N2O3S. The summed E-state index contributed by atoms with van der Waals surface area (Å²) in [6.07, 6.45) is 3.55. The van der Waals surface area contributed by atoms with Gasteiger partial charge in [-0.1, -0.05) is 18.2 Å². The van der Waals surface area contributed by atoms with Crippen LogP contribution in [0.2, 0.25) is 0 Å². The van der Waals surface area contributed by atoms with Crippen molar-refractivity contribution in [2.45, 2.75) is 18.9 Å². The Morgan fingerprint density at radius 3 is 2.73 bits per heavy atom. The molecule has 1 aromatic carbocycles. The molecular weight excluding hydrogens is 300 g/mol. The summed E-state index contributed by atoms with van der Waals surface area (Å²) in [5.74, 6) is 0.382. The average Bonchev–Trinajstić information content (AvgIpc) is 3.36. The smallest absolute Gasteiger partial charge is 0.237 e. The van der Waals surface area contributed by atoms with Crippen LogP contribution >= 0.6 is 0 Å². The van der Waals surface area contributed by atoms with Gasteiger partial charge in [0.1, 0.15) is 0 Å². The molecule has 5 nitrogen and oxygen atoms in total. The predicted molar refractivity (Wildman–Crippen MR) is 87.5 cm³/mol. The summed E-state index contributed by atoms with van der Waals surface area (Å²) >= 11 is 0. The first-order chi connectivity index (χ1) is 10.5. The number of pyridine rings is 1. The zero-order valence-corrected chi connectivity index (χ0v) is 13.6. The van der Waals surface area contributed by atoms with E-state index in [1.54, 1.807) is 26.4 Å². The number of hydrogen-bond acceptors (Lipinski definition) is 4. The van der Waals surface area contributed by atoms with Crippen molar-refractivity contribution in [3.63, 3.8) is 0 Å². The van der Waals surface area contributed by atoms with Crippen LogP contribution in [0.5, 0.6) is 0 Å². The molecule has 1 aliphatic rings. The number of para-hydroxylation sites is 1. The van der Waals surface area contributed by atoms with Crippen LogP contribution in [0.25, 0.3) is 10.9 Å². The van der Waals surface area contributed by atoms with Gasteiger partial charge in [0.05, 0.1) is 23.1 Å². The molecule has 1 aliphatic carbocycles. The summed E-state index contributed by atoms with van der Waals surface area (Å²) in [4.78, 5) is 4.33. The van der Waals surface area contributed by atoms with E-state index in [4.69, 9.17) is 4.74 Å². The highest BCUT2D eigenvalue weighted by molar-refractivity contribution is 7.92. The van der Waals surface area contributed by atoms with E-state index >= 15 is 0 Å². The summed E-state index contributed by atoms with van der Waals surface area (Å²) in [5.41, 5.74) is 1.29. The number of nitrogens with zero attached hydrogens (tertiary/aromatic N) is 2. The number of fused-ring (bicyclic) bond motifs is 1. The highest BCUT2D eigenvalue weighted by Gasteiger charge is 2.36. The molecule has 2 aromatic rings. The van der Waals surface area contributed by atoms with Crippen molar-refractivity contribution in [2.75, 3.05) is 24.2 Å². The number of aromatic nitrogens is 1. The molecule has 1 unspecified atom stereocenters. The number of ether oxygens (including phenoxy) is 1. The van der Waals surface area contributed by atoms with Gasteiger partial charge in [-0.05, 0) is 30.9 Å². The van der Waals surface area contributed by atoms with E-state index in [9.17, 15) is 8.42 Å². The SMILES string of the molecule is COC(CS(=O)(=O)N(C)c1cccc2cccnc12)C1CC1. The van der Waals surface area contributed by atoms with E-state index in [0.29, 0.717) is 17.1 Å². The Morgan fingerprint density at radius 2 is 2.05 bits per heavy atom. The fraction of sp³-hybridized carbons (Fsp3) is 0.438. The molecule has 0 spiro atoms. The number of anilines is 1. The van der Waals surface area contributed by atoms with Crippen LogP contribution in [0.1, 0.15) is 12.8 Å². The average molecular weight is 320 g/mol. The van der Waals surface area contributed by atoms with Crippen LogP contribution in [0.3, 0.4) is 0 Å². The maximum atomic E-state index is 12.7. The monoisotopic (exact) mass is 320 g/mol. The third-order valence-electron chi connectivity index (χ3n) is 4.19. The van der Waals surface area contributed by atoms with Crippen molar-refractivity contribution in [1.82, 2.24) is 4.98 Å². The number of sulfonamides is 1. The molecule has 22 heavy (non-hydrogen) atoms. The summed E-state index contributed by atoms with van der Waals surface area (Å²) in [6, 6.07) is 9.32. The molecule has 1 heterocycles. The van der Waals surface area contributed by atoms with E-state index < -0.39 is 10.0 Å². The summed E-state index contributed by atoms with van der Waals surface area (Å²) < 4.78 is 32.1. The van der Waals surface area contributed by atoms with Gasteiger partial charge in [0.2, 0.25) is 10.0 Å². The van der Waals surface area contributed by atoms with E-state index in [0.717, 1.165) is 18.2 Å². The highest BCUT2D eigenvalue weighted by atomic mass is 32.2. The fourth-order valence-electron chi connectivity index (χ4n) is 2.68. The Morgan fingerprint density at radius 1 is 1.32 bits per heavy atom. The van der Waals surface area contributed by atoms with Crippen molar-refractivity contribution in [3.8, 4) is 0 Å². The Bertz CT molecular complexity index is 767. The molecule has 118 valence electrons. The van der Waals surface area contributed by atoms with Gasteiger partial charge in [-0.3, -0.25) is 9.29 Å². The summed E-state index contributed by atoms with van der Waals surface area (Å²) in [7, 11) is -0.290. The molecule has 0 bridgehead atoms. The summed E-state index contributed by atoms with van der Waals surface area (Å²) in [6.45, 7) is 0. The molecule has 6 heteroatoms. The standard InChI is InChI=1S/C16H20N2O3S/c1-18(22(19,20)11-15(21-2)12-8-9-12)14-7-3-5-13-6-4-10-17-16(13)14/h3-7,10,12,15H,8-9,11H2,1-2H3. The molecule has 1 aromatic heterocycles. The number of methoxy groups -OCH3 is 1. The predicted octanol–water partition coefficient (Wildman–Crippen LogP) is 2.43. The lowest BCUT2D eigenvalue weighted by Gasteiger charge is -2.23. The van der Waals surface area contributed by atoms with Gasteiger partial charge in [0.15, 0.2) is 0 Å². The minimum atomic E-state index is -3.45. The van der Waals surface area contributed by atoms with E-state index in [1.807, 2.05) is 24.3 Å². The first-order valence-corrected chi connectivity index (χ1v) is 8.97. The second-order valence-corrected chi connectivity index (χ2v) is 7.75. The molecule has 0 amide bonds. The second kappa shape index (κ2) is 5.85. The van der Waals surface area contributed by atoms with Crippen LogP contribution in [-0.2, 0) is 14.8 Å². The lowest BCUT2D eigenvalue weighted by atomic mass is 10.2. The third kappa shape index (κ3) is 2.94. The number of hydrogen-bond donors (Lipinski definition) is 0. The van der Waals surface area contributed by atoms with Gasteiger partial charge in [-0.2, -0.15) is 0 Å². The quantitative estimate of drug-likeness (QED) is 0.820. The van der Waals surface area contributed by atoms with Gasteiger partial charge in [0.25, 0.3) is 0 Å². The zero-order valence-electron chi connectivity index (χ0n) is 12.8. The van der Waals surface area contributed by atoms with Crippen LogP contribution in [-0.4, -0.2) is 39.4 Å². The second-order valence-electron chi connectivity index (χ2n) is 5.71. The highest BCUT2D eigenvalue weighted by Crippen LogP contribution is 2.35. The van der Waals surface area contributed by atoms with Crippen LogP contribution in [0.15, 0.2) is 36.5 Å². The fourth-order valence-corrected chi connectivity index (χ4v) is 4.17. The van der Waals surface area contributed by atoms with Crippen molar-refractivity contribution in [2.24, 2.45) is 5.92 Å². The van der Waals surface area contributed by atoms with Crippen molar-refractivity contribution in [3.05, 3.63) is 36.5 Å². The van der Waals surface area contributed by atoms with Crippen molar-refractivity contribution < 1.29 is 13.2 Å². The lowest BCUT2D eigenvalue weighted by molar-refractivity contribution is 0.102. The van der Waals surface area contributed by atoms with Crippen molar-refractivity contribution in [1.29, 1.82) is 0 Å². The van der Waals surface area contributed by atoms with Gasteiger partial charge >= 0.3 is 0 Å². The van der Waals surface area contributed by atoms with E-state index in [2.05, 4.69) is 4.98 Å². The third-order valence-corrected chi connectivity index (χ3v) is 5.97. The summed E-state index contributed by atoms with van der Waals surface area (Å²) in [5, 5.41) is 0.924. The molecule has 0 aliphatic heterocycles. The van der Waals surface area contributed by atoms with E-state index in [-0.39, 0.29) is 11.9 Å². The zero-order chi connectivity index (χ0) is 15.7. The molecule has 0 saturated heterocycles. The minimum absolute atomic E-state index is 0.00783. The Balaban J connectivity index is 1.92. The Hall–Kier alpha value is -1.66. The largest absolute Gasteiger partial charge is 0.380 e. The van der Waals surface area contributed by atoms with Gasteiger partial charge < -0.3 is 4.74 Å². The Kier molecular flexibility index (Phi) is 4.06. The maximum Gasteiger partial charge on any atom is 0.237 e. The molecule has 0 radical (unpaired) electrons. The van der Waals surface area contributed by atoms with E-state index in [1.165, 1.54) is 4.31 Å².